The number of hydrogen-bond acceptors (Lipinski definition) is 7. The van der Waals surface area contributed by atoms with E-state index in [0.717, 1.165) is 4.57 Å². The molecule has 12 heteroatoms. The molecule has 0 saturated heterocycles. The fourth-order valence-corrected chi connectivity index (χ4v) is 4.91. The van der Waals surface area contributed by atoms with Gasteiger partial charge in [-0.15, -0.1) is 0 Å². The Labute approximate surface area is 216 Å². The Kier molecular flexibility index (Phi) is 7.37. The number of ether oxygens (including phenoxy) is 2. The normalized spacial score (nSPS) is 15.7. The van der Waals surface area contributed by atoms with Crippen LogP contribution in [0.3, 0.4) is 0 Å². The number of benzene rings is 2. The molecule has 192 valence electrons. The topological polar surface area (TPSA) is 87.0 Å². The van der Waals surface area contributed by atoms with Crippen LogP contribution in [0.5, 0.6) is 5.75 Å². The molecule has 1 atom stereocenters. The molecule has 0 amide bonds. The van der Waals surface area contributed by atoms with Gasteiger partial charge in [0.1, 0.15) is 5.75 Å². The average Bonchev–Trinajstić information content (AvgIpc) is 3.14. The van der Waals surface area contributed by atoms with Gasteiger partial charge >= 0.3 is 18.1 Å². The van der Waals surface area contributed by atoms with E-state index >= 15 is 0 Å². The number of allylic oxidation sites excluding steroid dienone is 1. The van der Waals surface area contributed by atoms with Crippen molar-refractivity contribution in [2.24, 2.45) is 4.99 Å². The predicted octanol–water partition coefficient (Wildman–Crippen LogP) is 3.92. The van der Waals surface area contributed by atoms with E-state index in [0.29, 0.717) is 21.9 Å². The van der Waals surface area contributed by atoms with Gasteiger partial charge in [-0.1, -0.05) is 53.3 Å². The first kappa shape index (κ1) is 26.4. The van der Waals surface area contributed by atoms with Gasteiger partial charge in [0.15, 0.2) is 10.5 Å². The van der Waals surface area contributed by atoms with Crippen molar-refractivity contribution in [2.45, 2.75) is 26.1 Å². The first-order chi connectivity index (χ1) is 17.5. The Balaban J connectivity index is 2.03. The molecule has 0 saturated carbocycles. The summed E-state index contributed by atoms with van der Waals surface area (Å²) in [6.45, 7) is 2.49. The van der Waals surface area contributed by atoms with E-state index in [9.17, 15) is 27.6 Å². The van der Waals surface area contributed by atoms with Crippen LogP contribution in [-0.4, -0.2) is 29.3 Å². The van der Waals surface area contributed by atoms with Crippen LogP contribution >= 0.6 is 22.9 Å². The summed E-state index contributed by atoms with van der Waals surface area (Å²) in [5, 5.41) is 0.316. The number of carbonyl (C=O) groups excluding carboxylic acids is 2. The highest BCUT2D eigenvalue weighted by atomic mass is 35.5. The zero-order valence-electron chi connectivity index (χ0n) is 19.3. The first-order valence-electron chi connectivity index (χ1n) is 10.8. The Bertz CT molecular complexity index is 1590. The van der Waals surface area contributed by atoms with Crippen LogP contribution in [0.2, 0.25) is 5.02 Å². The molecule has 0 spiro atoms. The number of carbonyl (C=O) groups is 2. The number of thiazole rings is 1. The Hall–Kier alpha value is -3.70. The summed E-state index contributed by atoms with van der Waals surface area (Å²) < 4.78 is 53.6. The third kappa shape index (κ3) is 5.37. The van der Waals surface area contributed by atoms with Gasteiger partial charge in [-0.2, -0.15) is 13.2 Å². The van der Waals surface area contributed by atoms with E-state index in [1.165, 1.54) is 50.3 Å². The van der Waals surface area contributed by atoms with Crippen LogP contribution in [0.25, 0.3) is 6.08 Å². The van der Waals surface area contributed by atoms with Gasteiger partial charge in [-0.3, -0.25) is 14.2 Å². The van der Waals surface area contributed by atoms with E-state index in [-0.39, 0.29) is 27.3 Å². The maximum atomic E-state index is 14.1. The molecule has 4 rings (SSSR count). The lowest BCUT2D eigenvalue weighted by Crippen LogP contribution is -2.41. The summed E-state index contributed by atoms with van der Waals surface area (Å²) in [7, 11) is 0. The van der Waals surface area contributed by atoms with Gasteiger partial charge in [0.25, 0.3) is 5.56 Å². The van der Waals surface area contributed by atoms with Gasteiger partial charge in [0, 0.05) is 17.5 Å². The van der Waals surface area contributed by atoms with E-state index < -0.39 is 41.0 Å². The maximum absolute atomic E-state index is 14.1. The van der Waals surface area contributed by atoms with Crippen molar-refractivity contribution < 1.29 is 32.2 Å². The zero-order chi connectivity index (χ0) is 26.9. The van der Waals surface area contributed by atoms with Crippen molar-refractivity contribution in [3.8, 4) is 5.75 Å². The molecule has 37 heavy (non-hydrogen) atoms. The molecule has 1 aliphatic heterocycles. The molecule has 0 bridgehead atoms. The molecular weight excluding hydrogens is 533 g/mol. The summed E-state index contributed by atoms with van der Waals surface area (Å²) in [5.74, 6) is -1.66. The number of aromatic nitrogens is 1. The summed E-state index contributed by atoms with van der Waals surface area (Å²) in [5.41, 5.74) is -2.39. The lowest BCUT2D eigenvalue weighted by Gasteiger charge is -2.26. The fourth-order valence-electron chi connectivity index (χ4n) is 3.79. The monoisotopic (exact) mass is 550 g/mol. The number of esters is 2. The molecule has 1 aromatic heterocycles. The minimum Gasteiger partial charge on any atom is -0.463 e. The average molecular weight is 551 g/mol. The number of rotatable bonds is 5. The summed E-state index contributed by atoms with van der Waals surface area (Å²) in [6.07, 6.45) is -3.62. The molecule has 7 nitrogen and oxygen atoms in total. The molecule has 3 aromatic rings. The van der Waals surface area contributed by atoms with Crippen LogP contribution in [0.15, 0.2) is 69.6 Å². The minimum atomic E-state index is -5.01. The predicted molar refractivity (Wildman–Crippen MR) is 130 cm³/mol. The quantitative estimate of drug-likeness (QED) is 0.355. The van der Waals surface area contributed by atoms with Crippen molar-refractivity contribution in [3.63, 3.8) is 0 Å². The third-order valence-electron chi connectivity index (χ3n) is 5.24. The van der Waals surface area contributed by atoms with Crippen molar-refractivity contribution in [1.29, 1.82) is 0 Å². The molecule has 0 fully saturated rings. The molecular formula is C25H18ClF3N2O5S. The van der Waals surface area contributed by atoms with E-state index in [1.807, 2.05) is 0 Å². The third-order valence-corrected chi connectivity index (χ3v) is 6.47. The smallest absolute Gasteiger partial charge is 0.434 e. The van der Waals surface area contributed by atoms with Gasteiger partial charge < -0.3 is 9.47 Å². The molecule has 0 N–H and O–H groups in total. The van der Waals surface area contributed by atoms with Gasteiger partial charge in [0.2, 0.25) is 0 Å². The Morgan fingerprint density at radius 2 is 1.84 bits per heavy atom. The van der Waals surface area contributed by atoms with E-state index in [2.05, 4.69) is 4.99 Å². The van der Waals surface area contributed by atoms with Crippen LogP contribution in [-0.2, 0) is 14.3 Å². The molecule has 0 aliphatic carbocycles. The van der Waals surface area contributed by atoms with Crippen LogP contribution in [0.4, 0.5) is 13.2 Å². The lowest BCUT2D eigenvalue weighted by atomic mass is 9.95. The molecule has 0 radical (unpaired) electrons. The molecule has 1 aliphatic rings. The molecule has 2 heterocycles. The second kappa shape index (κ2) is 10.3. The highest BCUT2D eigenvalue weighted by molar-refractivity contribution is 7.07. The SMILES string of the molecule is CCOC(=O)C1=C(C(F)(F)F)N=c2s/c(=C\c3ccccc3OC(C)=O)c(=O)n2[C@@H]1c1ccc(Cl)cc1. The second-order valence-electron chi connectivity index (χ2n) is 7.75. The van der Waals surface area contributed by atoms with Crippen LogP contribution in [0.1, 0.15) is 31.0 Å². The van der Waals surface area contributed by atoms with Crippen LogP contribution in [0, 0.1) is 0 Å². The Morgan fingerprint density at radius 3 is 2.46 bits per heavy atom. The summed E-state index contributed by atoms with van der Waals surface area (Å²) in [6, 6.07) is 10.6. The molecule has 0 unspecified atom stereocenters. The van der Waals surface area contributed by atoms with Gasteiger partial charge in [-0.05, 0) is 36.8 Å². The van der Waals surface area contributed by atoms with Crippen molar-refractivity contribution in [1.82, 2.24) is 4.57 Å². The molecule has 2 aromatic carbocycles. The van der Waals surface area contributed by atoms with Gasteiger partial charge in [0.05, 0.1) is 22.8 Å². The summed E-state index contributed by atoms with van der Waals surface area (Å²) in [4.78, 5) is 41.3. The highest BCUT2D eigenvalue weighted by Crippen LogP contribution is 2.38. The zero-order valence-corrected chi connectivity index (χ0v) is 20.9. The van der Waals surface area contributed by atoms with Crippen LogP contribution < -0.4 is 19.6 Å². The highest BCUT2D eigenvalue weighted by Gasteiger charge is 2.45. The maximum Gasteiger partial charge on any atom is 0.434 e. The van der Waals surface area contributed by atoms with E-state index in [1.54, 1.807) is 18.2 Å². The largest absolute Gasteiger partial charge is 0.463 e. The number of alkyl halides is 3. The Morgan fingerprint density at radius 1 is 1.16 bits per heavy atom. The first-order valence-corrected chi connectivity index (χ1v) is 12.0. The number of fused-ring (bicyclic) bond motifs is 1. The lowest BCUT2D eigenvalue weighted by molar-refractivity contribution is -0.140. The summed E-state index contributed by atoms with van der Waals surface area (Å²) >= 11 is 6.68. The van der Waals surface area contributed by atoms with Crippen molar-refractivity contribution >= 4 is 41.0 Å². The van der Waals surface area contributed by atoms with E-state index in [4.69, 9.17) is 21.1 Å². The second-order valence-corrected chi connectivity index (χ2v) is 9.19. The standard InChI is InChI=1S/C25H18ClF3N2O5S/c1-3-35-23(34)19-20(14-8-10-16(26)11-9-14)31-22(33)18(37-24(31)30-21(19)25(27,28)29)12-15-6-4-5-7-17(15)36-13(2)32/h4-12,20H,3H2,1-2H3/b18-12-/t20-/m1/s1. The number of hydrogen-bond donors (Lipinski definition) is 0. The number of nitrogens with zero attached hydrogens (tertiary/aromatic N) is 2. The minimum absolute atomic E-state index is 0.0175. The fraction of sp³-hybridized carbons (Fsp3) is 0.200. The van der Waals surface area contributed by atoms with Gasteiger partial charge in [-0.25, -0.2) is 9.79 Å². The van der Waals surface area contributed by atoms with Crippen molar-refractivity contribution in [2.75, 3.05) is 6.61 Å². The number of halogens is 4. The number of para-hydroxylation sites is 1. The van der Waals surface area contributed by atoms with Crippen molar-refractivity contribution in [3.05, 3.63) is 95.6 Å².